The Labute approximate surface area is 122 Å². The van der Waals surface area contributed by atoms with E-state index in [4.69, 9.17) is 11.6 Å². The molecule has 0 amide bonds. The summed E-state index contributed by atoms with van der Waals surface area (Å²) in [5.41, 5.74) is -0.828. The van der Waals surface area contributed by atoms with Crippen LogP contribution in [0.3, 0.4) is 0 Å². The summed E-state index contributed by atoms with van der Waals surface area (Å²) in [5.74, 6) is 0.177. The van der Waals surface area contributed by atoms with Crippen LogP contribution in [0.4, 0.5) is 13.2 Å². The zero-order valence-corrected chi connectivity index (χ0v) is 12.7. The Morgan fingerprint density at radius 1 is 1.25 bits per heavy atom. The molecule has 0 aliphatic carbocycles. The fourth-order valence-electron chi connectivity index (χ4n) is 1.67. The summed E-state index contributed by atoms with van der Waals surface area (Å²) in [4.78, 5) is 3.32. The van der Waals surface area contributed by atoms with E-state index in [-0.39, 0.29) is 22.0 Å². The molecule has 0 aliphatic heterocycles. The van der Waals surface area contributed by atoms with Gasteiger partial charge in [-0.15, -0.1) is 0 Å². The fraction of sp³-hybridized carbons (Fsp3) is 0.643. The molecule has 0 bridgehead atoms. The van der Waals surface area contributed by atoms with Gasteiger partial charge in [-0.2, -0.15) is 13.2 Å². The first-order valence-corrected chi connectivity index (χ1v) is 6.72. The van der Waals surface area contributed by atoms with Crippen molar-refractivity contribution >= 4 is 11.6 Å². The number of aliphatic hydroxyl groups excluding tert-OH is 1. The molecule has 1 rings (SSSR count). The number of aromatic nitrogens is 1. The van der Waals surface area contributed by atoms with Crippen LogP contribution in [0.2, 0.25) is 5.15 Å². The van der Waals surface area contributed by atoms with Crippen molar-refractivity contribution in [3.8, 4) is 0 Å². The van der Waals surface area contributed by atoms with Crippen molar-refractivity contribution in [3.63, 3.8) is 0 Å². The molecule has 0 aromatic carbocycles. The van der Waals surface area contributed by atoms with Gasteiger partial charge < -0.3 is 5.11 Å². The van der Waals surface area contributed by atoms with Crippen molar-refractivity contribution < 1.29 is 18.3 Å². The highest BCUT2D eigenvalue weighted by Gasteiger charge is 2.33. The van der Waals surface area contributed by atoms with Gasteiger partial charge in [-0.3, -0.25) is 0 Å². The Bertz CT molecular complexity index is 468. The van der Waals surface area contributed by atoms with E-state index in [0.717, 1.165) is 6.07 Å². The van der Waals surface area contributed by atoms with Gasteiger partial charge in [0.2, 0.25) is 0 Å². The van der Waals surface area contributed by atoms with Crippen molar-refractivity contribution in [2.24, 2.45) is 11.3 Å². The monoisotopic (exact) mass is 309 g/mol. The second-order valence-electron chi connectivity index (χ2n) is 6.09. The molecule has 2 atom stereocenters. The Morgan fingerprint density at radius 2 is 1.80 bits per heavy atom. The van der Waals surface area contributed by atoms with E-state index in [2.05, 4.69) is 4.98 Å². The predicted octanol–water partition coefficient (Wildman–Crippen LogP) is 4.86. The van der Waals surface area contributed by atoms with E-state index in [1.807, 2.05) is 27.7 Å². The second-order valence-corrected chi connectivity index (χ2v) is 6.45. The average Bonchev–Trinajstić information content (AvgIpc) is 2.25. The van der Waals surface area contributed by atoms with Crippen molar-refractivity contribution in [2.45, 2.75) is 46.4 Å². The molecule has 0 saturated heterocycles. The van der Waals surface area contributed by atoms with E-state index in [9.17, 15) is 18.3 Å². The van der Waals surface area contributed by atoms with Crippen molar-refractivity contribution in [1.29, 1.82) is 0 Å². The standard InChI is InChI=1S/C14H19ClF3NO/c1-8(13(2,3)4)7-10(20)9-5-6-11(14(16,17)18)19-12(9)15/h5-6,8,10,20H,7H2,1-4H3. The smallest absolute Gasteiger partial charge is 0.388 e. The molecule has 0 saturated carbocycles. The minimum Gasteiger partial charge on any atom is -0.388 e. The molecule has 0 spiro atoms. The molecule has 2 nitrogen and oxygen atoms in total. The molecule has 1 heterocycles. The highest BCUT2D eigenvalue weighted by molar-refractivity contribution is 6.30. The number of hydrogen-bond donors (Lipinski definition) is 1. The average molecular weight is 310 g/mol. The molecular weight excluding hydrogens is 291 g/mol. The lowest BCUT2D eigenvalue weighted by atomic mass is 9.78. The van der Waals surface area contributed by atoms with Gasteiger partial charge in [0.25, 0.3) is 0 Å². The van der Waals surface area contributed by atoms with Gasteiger partial charge in [0, 0.05) is 5.56 Å². The minimum atomic E-state index is -4.54. The third-order valence-corrected chi connectivity index (χ3v) is 3.88. The minimum absolute atomic E-state index is 0.00715. The van der Waals surface area contributed by atoms with Gasteiger partial charge >= 0.3 is 6.18 Å². The van der Waals surface area contributed by atoms with Gasteiger partial charge in [-0.05, 0) is 23.8 Å². The van der Waals surface area contributed by atoms with Gasteiger partial charge in [-0.1, -0.05) is 45.4 Å². The van der Waals surface area contributed by atoms with Crippen LogP contribution >= 0.6 is 11.6 Å². The SMILES string of the molecule is CC(CC(O)c1ccc(C(F)(F)F)nc1Cl)C(C)(C)C. The maximum Gasteiger partial charge on any atom is 0.433 e. The molecule has 1 aromatic rings. The van der Waals surface area contributed by atoms with Gasteiger partial charge in [-0.25, -0.2) is 4.98 Å². The summed E-state index contributed by atoms with van der Waals surface area (Å²) in [6, 6.07) is 2.03. The zero-order valence-electron chi connectivity index (χ0n) is 11.9. The quantitative estimate of drug-likeness (QED) is 0.809. The van der Waals surface area contributed by atoms with Gasteiger partial charge in [0.15, 0.2) is 0 Å². The number of pyridine rings is 1. The van der Waals surface area contributed by atoms with Crippen LogP contribution in [-0.2, 0) is 6.18 Å². The Hall–Kier alpha value is -0.810. The summed E-state index contributed by atoms with van der Waals surface area (Å²) in [6.45, 7) is 8.10. The van der Waals surface area contributed by atoms with E-state index < -0.39 is 18.0 Å². The van der Waals surface area contributed by atoms with E-state index >= 15 is 0 Å². The third-order valence-electron chi connectivity index (χ3n) is 3.58. The highest BCUT2D eigenvalue weighted by atomic mass is 35.5. The molecule has 1 N–H and O–H groups in total. The Kier molecular flexibility index (Phi) is 5.08. The van der Waals surface area contributed by atoms with Crippen molar-refractivity contribution in [1.82, 2.24) is 4.98 Å². The molecule has 20 heavy (non-hydrogen) atoms. The number of hydrogen-bond acceptors (Lipinski definition) is 2. The first kappa shape index (κ1) is 17.2. The van der Waals surface area contributed by atoms with Crippen LogP contribution < -0.4 is 0 Å². The predicted molar refractivity (Wildman–Crippen MR) is 72.4 cm³/mol. The van der Waals surface area contributed by atoms with Gasteiger partial charge in [0.05, 0.1) is 6.10 Å². The van der Waals surface area contributed by atoms with Gasteiger partial charge in [0.1, 0.15) is 10.8 Å². The second kappa shape index (κ2) is 5.90. The van der Waals surface area contributed by atoms with Crippen LogP contribution in [-0.4, -0.2) is 10.1 Å². The number of nitrogens with zero attached hydrogens (tertiary/aromatic N) is 1. The zero-order chi connectivity index (χ0) is 15.7. The first-order chi connectivity index (χ1) is 8.93. The number of aliphatic hydroxyl groups is 1. The Balaban J connectivity index is 2.93. The summed E-state index contributed by atoms with van der Waals surface area (Å²) in [6.07, 6.45) is -5.05. The lowest BCUT2D eigenvalue weighted by Crippen LogP contribution is -2.20. The van der Waals surface area contributed by atoms with Crippen molar-refractivity contribution in [3.05, 3.63) is 28.5 Å². The number of rotatable bonds is 3. The highest BCUT2D eigenvalue weighted by Crippen LogP contribution is 2.36. The van der Waals surface area contributed by atoms with Crippen molar-refractivity contribution in [2.75, 3.05) is 0 Å². The molecule has 114 valence electrons. The lowest BCUT2D eigenvalue weighted by molar-refractivity contribution is -0.141. The van der Waals surface area contributed by atoms with E-state index in [1.54, 1.807) is 0 Å². The van der Waals surface area contributed by atoms with Crippen LogP contribution in [0.5, 0.6) is 0 Å². The lowest BCUT2D eigenvalue weighted by Gasteiger charge is -2.29. The van der Waals surface area contributed by atoms with Crippen LogP contribution in [0.25, 0.3) is 0 Å². The topological polar surface area (TPSA) is 33.1 Å². The first-order valence-electron chi connectivity index (χ1n) is 6.34. The maximum absolute atomic E-state index is 12.5. The maximum atomic E-state index is 12.5. The third kappa shape index (κ3) is 4.35. The number of halogens is 4. The molecule has 1 aromatic heterocycles. The van der Waals surface area contributed by atoms with E-state index in [1.165, 1.54) is 6.07 Å². The molecule has 0 aliphatic rings. The normalized spacial score (nSPS) is 16.1. The largest absolute Gasteiger partial charge is 0.433 e. The molecule has 2 unspecified atom stereocenters. The summed E-state index contributed by atoms with van der Waals surface area (Å²) in [5, 5.41) is 9.83. The summed E-state index contributed by atoms with van der Waals surface area (Å²) in [7, 11) is 0. The van der Waals surface area contributed by atoms with Crippen LogP contribution in [0.15, 0.2) is 12.1 Å². The fourth-order valence-corrected chi connectivity index (χ4v) is 1.95. The van der Waals surface area contributed by atoms with Crippen LogP contribution in [0, 0.1) is 11.3 Å². The molecule has 6 heteroatoms. The number of alkyl halides is 3. The summed E-state index contributed by atoms with van der Waals surface area (Å²) >= 11 is 5.76. The van der Waals surface area contributed by atoms with E-state index in [0.29, 0.717) is 6.42 Å². The molecule has 0 radical (unpaired) electrons. The summed E-state index contributed by atoms with van der Waals surface area (Å²) < 4.78 is 37.5. The molecule has 0 fully saturated rings. The Morgan fingerprint density at radius 3 is 2.20 bits per heavy atom. The van der Waals surface area contributed by atoms with Crippen LogP contribution in [0.1, 0.15) is 51.5 Å². The molecular formula is C14H19ClF3NO.